The first-order chi connectivity index (χ1) is 8.27. The molecule has 0 spiro atoms. The zero-order chi connectivity index (χ0) is 13.6. The van der Waals surface area contributed by atoms with Crippen LogP contribution in [0.15, 0.2) is 0 Å². The molecule has 3 nitrogen and oxygen atoms in total. The summed E-state index contributed by atoms with van der Waals surface area (Å²) in [6.07, 6.45) is 5.42. The average Bonchev–Trinajstić information content (AvgIpc) is 3.04. The van der Waals surface area contributed by atoms with E-state index in [1.54, 1.807) is 0 Å². The summed E-state index contributed by atoms with van der Waals surface area (Å²) in [5.74, 6) is 1.84. The number of carbonyl (C=O) groups is 1. The van der Waals surface area contributed by atoms with Crippen LogP contribution in [0.4, 0.5) is 0 Å². The van der Waals surface area contributed by atoms with E-state index in [9.17, 15) is 4.79 Å². The Morgan fingerprint density at radius 3 is 2.44 bits per heavy atom. The molecule has 1 N–H and O–H groups in total. The Bertz CT molecular complexity index is 335. The van der Waals surface area contributed by atoms with Gasteiger partial charge in [-0.05, 0) is 30.8 Å². The van der Waals surface area contributed by atoms with Crippen molar-refractivity contribution in [2.24, 2.45) is 5.92 Å². The minimum atomic E-state index is -1.20. The third-order valence-electron chi connectivity index (χ3n) is 4.45. The van der Waals surface area contributed by atoms with Gasteiger partial charge in [0, 0.05) is 17.2 Å². The Morgan fingerprint density at radius 1 is 1.39 bits per heavy atom. The highest BCUT2D eigenvalue weighted by Crippen LogP contribution is 2.58. The second kappa shape index (κ2) is 4.71. The Labute approximate surface area is 113 Å². The van der Waals surface area contributed by atoms with E-state index < -0.39 is 10.3 Å². The van der Waals surface area contributed by atoms with E-state index in [1.165, 1.54) is 12.8 Å². The van der Waals surface area contributed by atoms with Crippen molar-refractivity contribution in [3.8, 4) is 0 Å². The molecule has 0 aromatic carbocycles. The number of rotatable bonds is 4. The van der Waals surface area contributed by atoms with Crippen molar-refractivity contribution >= 4 is 16.2 Å². The molecule has 3 unspecified atom stereocenters. The van der Waals surface area contributed by atoms with Crippen LogP contribution in [0.2, 0.25) is 0 Å². The van der Waals surface area contributed by atoms with Crippen LogP contribution in [0.25, 0.3) is 0 Å². The smallest absolute Gasteiger partial charge is 0.250 e. The minimum absolute atomic E-state index is 0.114. The van der Waals surface area contributed by atoms with Gasteiger partial charge >= 0.3 is 0 Å². The normalized spacial score (nSPS) is 33.9. The Balaban J connectivity index is 2.01. The Kier molecular flexibility index (Phi) is 3.72. The third-order valence-corrected chi connectivity index (χ3v) is 8.80. The number of nitrogens with one attached hydrogen (secondary N) is 1. The summed E-state index contributed by atoms with van der Waals surface area (Å²) in [6.45, 7) is 8.83. The summed E-state index contributed by atoms with van der Waals surface area (Å²) in [4.78, 5) is 12.0. The highest BCUT2D eigenvalue weighted by Gasteiger charge is 2.44. The molecule has 3 atom stereocenters. The van der Waals surface area contributed by atoms with E-state index in [4.69, 9.17) is 4.18 Å². The molecule has 0 bridgehead atoms. The lowest BCUT2D eigenvalue weighted by Crippen LogP contribution is -2.34. The van der Waals surface area contributed by atoms with Crippen molar-refractivity contribution in [1.29, 1.82) is 0 Å². The SMILES string of the molecule is CCS(C)(OC1CC(C2CC2)NC1=O)C(C)(C)C. The van der Waals surface area contributed by atoms with E-state index >= 15 is 0 Å². The molecule has 0 aromatic heterocycles. The van der Waals surface area contributed by atoms with Crippen LogP contribution in [-0.2, 0) is 8.98 Å². The summed E-state index contributed by atoms with van der Waals surface area (Å²) >= 11 is 0. The summed E-state index contributed by atoms with van der Waals surface area (Å²) < 4.78 is 6.43. The highest BCUT2D eigenvalue weighted by molar-refractivity contribution is 8.30. The molecule has 106 valence electrons. The molecule has 1 saturated heterocycles. The monoisotopic (exact) mass is 273 g/mol. The molecule has 1 saturated carbocycles. The van der Waals surface area contributed by atoms with E-state index in [0.717, 1.165) is 18.1 Å². The van der Waals surface area contributed by atoms with E-state index in [2.05, 4.69) is 39.3 Å². The molecule has 0 aromatic rings. The predicted octanol–water partition coefficient (Wildman–Crippen LogP) is 2.84. The molecule has 1 amide bonds. The predicted molar refractivity (Wildman–Crippen MR) is 78.0 cm³/mol. The Morgan fingerprint density at radius 2 is 2.00 bits per heavy atom. The van der Waals surface area contributed by atoms with E-state index in [-0.39, 0.29) is 16.8 Å². The van der Waals surface area contributed by atoms with Crippen molar-refractivity contribution < 1.29 is 8.98 Å². The average molecular weight is 273 g/mol. The fourth-order valence-electron chi connectivity index (χ4n) is 2.47. The molecular weight excluding hydrogens is 246 g/mol. The van der Waals surface area contributed by atoms with Crippen LogP contribution in [0.1, 0.15) is 47.0 Å². The zero-order valence-corrected chi connectivity index (χ0v) is 13.1. The van der Waals surface area contributed by atoms with E-state index in [0.29, 0.717) is 6.04 Å². The highest BCUT2D eigenvalue weighted by atomic mass is 32.3. The van der Waals surface area contributed by atoms with Crippen molar-refractivity contribution in [2.75, 3.05) is 12.0 Å². The van der Waals surface area contributed by atoms with Crippen molar-refractivity contribution in [2.45, 2.75) is 63.9 Å². The van der Waals surface area contributed by atoms with Gasteiger partial charge in [0.15, 0.2) is 6.10 Å². The van der Waals surface area contributed by atoms with Crippen molar-refractivity contribution in [3.05, 3.63) is 0 Å². The van der Waals surface area contributed by atoms with Crippen LogP contribution >= 0.6 is 10.3 Å². The van der Waals surface area contributed by atoms with Gasteiger partial charge in [-0.2, -0.15) is 0 Å². The number of hydrogen-bond donors (Lipinski definition) is 1. The topological polar surface area (TPSA) is 38.3 Å². The number of hydrogen-bond acceptors (Lipinski definition) is 2. The third kappa shape index (κ3) is 2.69. The van der Waals surface area contributed by atoms with E-state index in [1.807, 2.05) is 0 Å². The molecule has 0 radical (unpaired) electrons. The van der Waals surface area contributed by atoms with Gasteiger partial charge in [0.1, 0.15) is 0 Å². The van der Waals surface area contributed by atoms with Gasteiger partial charge in [-0.25, -0.2) is 0 Å². The van der Waals surface area contributed by atoms with Crippen LogP contribution < -0.4 is 5.32 Å². The van der Waals surface area contributed by atoms with Gasteiger partial charge < -0.3 is 9.50 Å². The lowest BCUT2D eigenvalue weighted by Gasteiger charge is -2.47. The van der Waals surface area contributed by atoms with Gasteiger partial charge in [-0.3, -0.25) is 4.79 Å². The van der Waals surface area contributed by atoms with Crippen LogP contribution in [0.3, 0.4) is 0 Å². The number of amides is 1. The van der Waals surface area contributed by atoms with Gasteiger partial charge in [0.05, 0.1) is 0 Å². The summed E-state index contributed by atoms with van der Waals surface area (Å²) in [6, 6.07) is 0.378. The fourth-order valence-corrected chi connectivity index (χ4v) is 4.44. The molecular formula is C14H27NO2S. The molecule has 2 fully saturated rings. The lowest BCUT2D eigenvalue weighted by atomic mass is 10.1. The van der Waals surface area contributed by atoms with Gasteiger partial charge in [-0.1, -0.05) is 27.7 Å². The van der Waals surface area contributed by atoms with Crippen LogP contribution in [-0.4, -0.2) is 34.8 Å². The lowest BCUT2D eigenvalue weighted by molar-refractivity contribution is -0.124. The maximum absolute atomic E-state index is 12.0. The molecule has 1 heterocycles. The summed E-state index contributed by atoms with van der Waals surface area (Å²) in [5.41, 5.74) is 0. The molecule has 2 rings (SSSR count). The first kappa shape index (κ1) is 14.2. The molecule has 4 heteroatoms. The minimum Gasteiger partial charge on any atom is -0.351 e. The van der Waals surface area contributed by atoms with Gasteiger partial charge in [-0.15, -0.1) is 10.3 Å². The van der Waals surface area contributed by atoms with Crippen LogP contribution in [0.5, 0.6) is 0 Å². The second-order valence-electron chi connectivity index (χ2n) is 6.68. The van der Waals surface area contributed by atoms with Gasteiger partial charge in [0.2, 0.25) is 0 Å². The molecule has 1 aliphatic heterocycles. The largest absolute Gasteiger partial charge is 0.351 e. The Hall–Kier alpha value is -0.220. The number of carbonyl (C=O) groups excluding carboxylic acids is 1. The van der Waals surface area contributed by atoms with Crippen molar-refractivity contribution in [1.82, 2.24) is 5.32 Å². The van der Waals surface area contributed by atoms with Crippen LogP contribution in [0, 0.1) is 5.92 Å². The zero-order valence-electron chi connectivity index (χ0n) is 12.3. The molecule has 18 heavy (non-hydrogen) atoms. The fraction of sp³-hybridized carbons (Fsp3) is 0.929. The molecule has 1 aliphatic carbocycles. The summed E-state index contributed by atoms with van der Waals surface area (Å²) in [5, 5.41) is 3.11. The maximum Gasteiger partial charge on any atom is 0.250 e. The standard InChI is InChI=1S/C14H27NO2S/c1-6-18(5,14(2,3)4)17-12-9-11(10-7-8-10)15-13(12)16/h10-12H,6-9H2,1-5H3,(H,15,16). The second-order valence-corrected chi connectivity index (χ2v) is 10.7. The summed E-state index contributed by atoms with van der Waals surface area (Å²) in [7, 11) is -1.20. The maximum atomic E-state index is 12.0. The first-order valence-electron chi connectivity index (χ1n) is 7.01. The quantitative estimate of drug-likeness (QED) is 0.855. The molecule has 2 aliphatic rings. The van der Waals surface area contributed by atoms with Crippen molar-refractivity contribution in [3.63, 3.8) is 0 Å². The first-order valence-corrected chi connectivity index (χ1v) is 9.14. The van der Waals surface area contributed by atoms with Gasteiger partial charge in [0.25, 0.3) is 5.91 Å².